The van der Waals surface area contributed by atoms with Crippen LogP contribution in [0.15, 0.2) is 164 Å². The van der Waals surface area contributed by atoms with Crippen molar-refractivity contribution >= 4 is 28.0 Å². The van der Waals surface area contributed by atoms with Crippen molar-refractivity contribution in [3.63, 3.8) is 0 Å². The smallest absolute Gasteiger partial charge is 0.308 e. The van der Waals surface area contributed by atoms with Crippen LogP contribution in [0.5, 0.6) is 0 Å². The van der Waals surface area contributed by atoms with Gasteiger partial charge in [-0.25, -0.2) is 0 Å². The largest absolute Gasteiger partial charge is 0.416 e. The normalized spacial score (nSPS) is 13.6. The quantitative estimate of drug-likeness (QED) is 0.0524. The number of nitrogens with zero attached hydrogens (tertiary/aromatic N) is 1. The van der Waals surface area contributed by atoms with Gasteiger partial charge in [0.05, 0.1) is 64.1 Å². The van der Waals surface area contributed by atoms with Gasteiger partial charge in [0.15, 0.2) is 5.54 Å². The summed E-state index contributed by atoms with van der Waals surface area (Å²) < 4.78 is 342. The molecule has 0 aromatic heterocycles. The van der Waals surface area contributed by atoms with Crippen LogP contribution in [0, 0.1) is 0 Å². The molecule has 83 heavy (non-hydrogen) atoms. The van der Waals surface area contributed by atoms with Crippen molar-refractivity contribution in [1.29, 1.82) is 0 Å². The van der Waals surface area contributed by atoms with Crippen LogP contribution in [0.1, 0.15) is 82.0 Å². The maximum Gasteiger partial charge on any atom is 0.416 e. The molecule has 26 heteroatoms. The zero-order valence-corrected chi connectivity index (χ0v) is 42.8. The highest BCUT2D eigenvalue weighted by atomic mass is 19.4. The van der Waals surface area contributed by atoms with Crippen LogP contribution >= 0.6 is 0 Å². The second-order valence-corrected chi connectivity index (χ2v) is 19.1. The number of hydrogen-bond donors (Lipinski definition) is 0. The van der Waals surface area contributed by atoms with Crippen molar-refractivity contribution < 1.29 is 110 Å². The average Bonchev–Trinajstić information content (AvgIpc) is 3.55. The Morgan fingerprint density at radius 1 is 0.241 bits per heavy atom. The summed E-state index contributed by atoms with van der Waals surface area (Å²) in [6.07, 6.45) is -54.8. The molecule has 0 N–H and O–H groups in total. The lowest BCUT2D eigenvalue weighted by molar-refractivity contribution is -0.967. The van der Waals surface area contributed by atoms with Gasteiger partial charge < -0.3 is 4.48 Å². The summed E-state index contributed by atoms with van der Waals surface area (Å²) in [5, 5.41) is 0. The standard InChI is InChI=1S/C32H12BF24.C25H30N/c34-25(35,36)13-1-14(26(37,38)39)6-21(5-13)33(22-7-15(27(40,41)42)2-16(8-22)28(43,44)45,23-9-17(29(46,47)48)3-18(10-23)30(49,50)51)24-11-19(31(52,53)54)4-20(12-24)32(55,56)57;1-4-26(5-2,6-3)25(22-16-10-7-11-17-22,23-18-12-8-13-19-23)24-20-14-9-15-21-24/h1-12H;7-21H,4-6H2,1-3H3/q-1;+1. The molecule has 0 aliphatic carbocycles. The zero-order valence-electron chi connectivity index (χ0n) is 42.8. The topological polar surface area (TPSA) is 0 Å². The maximum absolute atomic E-state index is 14.2. The lowest BCUT2D eigenvalue weighted by Crippen LogP contribution is -2.75. The molecule has 0 saturated carbocycles. The van der Waals surface area contributed by atoms with Gasteiger partial charge in [-0.3, -0.25) is 0 Å². The fraction of sp³-hybridized carbons (Fsp3) is 0.263. The molecule has 0 unspecified atom stereocenters. The molecule has 0 aliphatic rings. The SMILES string of the molecule is CC[N+](CC)(CC)C(c1ccccc1)(c1ccccc1)c1ccccc1.FC(F)(F)c1cc([B-](c2cc(C(F)(F)F)cc(C(F)(F)F)c2)(c2cc(C(F)(F)F)cc(C(F)(F)F)c2)c2cc(C(F)(F)F)cc(C(F)(F)F)c2)cc(C(F)(F)F)c1. The number of benzene rings is 7. The van der Waals surface area contributed by atoms with Crippen LogP contribution in [0.4, 0.5) is 105 Å². The molecule has 1 nitrogen and oxygen atoms in total. The van der Waals surface area contributed by atoms with E-state index >= 15 is 0 Å². The predicted octanol–water partition coefficient (Wildman–Crippen LogP) is 17.1. The molecule has 7 aromatic rings. The Bertz CT molecular complexity index is 2800. The van der Waals surface area contributed by atoms with E-state index in [0.717, 1.165) is 24.1 Å². The highest BCUT2D eigenvalue weighted by molar-refractivity contribution is 7.20. The van der Waals surface area contributed by atoms with E-state index in [-0.39, 0.29) is 5.54 Å². The maximum atomic E-state index is 14.2. The van der Waals surface area contributed by atoms with Crippen LogP contribution in [0.3, 0.4) is 0 Å². The Morgan fingerprint density at radius 3 is 0.530 bits per heavy atom. The molecular formula is C57H42BF24N. The van der Waals surface area contributed by atoms with Gasteiger partial charge in [-0.05, 0) is 45.0 Å². The van der Waals surface area contributed by atoms with E-state index in [1.165, 1.54) is 16.7 Å². The van der Waals surface area contributed by atoms with Crippen LogP contribution in [-0.2, 0) is 54.9 Å². The Kier molecular flexibility index (Phi) is 17.9. The van der Waals surface area contributed by atoms with Crippen LogP contribution in [0.25, 0.3) is 0 Å². The van der Waals surface area contributed by atoms with E-state index in [0.29, 0.717) is 0 Å². The van der Waals surface area contributed by atoms with Gasteiger partial charge in [-0.2, -0.15) is 127 Å². The molecule has 7 rings (SSSR count). The molecule has 0 spiro atoms. The third-order valence-corrected chi connectivity index (χ3v) is 14.5. The first-order valence-corrected chi connectivity index (χ1v) is 24.4. The Labute approximate surface area is 457 Å². The van der Waals surface area contributed by atoms with Crippen molar-refractivity contribution in [2.45, 2.75) is 75.7 Å². The molecular weight excluding hydrogens is 1170 g/mol. The van der Waals surface area contributed by atoms with Gasteiger partial charge in [-0.1, -0.05) is 140 Å². The van der Waals surface area contributed by atoms with Gasteiger partial charge in [0.25, 0.3) is 0 Å². The average molecular weight is 1210 g/mol. The number of quaternary nitrogens is 1. The first-order chi connectivity index (χ1) is 38.0. The molecule has 0 radical (unpaired) electrons. The predicted molar refractivity (Wildman–Crippen MR) is 261 cm³/mol. The Balaban J connectivity index is 0.000000352. The molecule has 0 aliphatic heterocycles. The summed E-state index contributed by atoms with van der Waals surface area (Å²) >= 11 is 0. The minimum absolute atomic E-state index is 0.220. The Morgan fingerprint density at radius 2 is 0.398 bits per heavy atom. The monoisotopic (exact) mass is 1210 g/mol. The zero-order chi connectivity index (χ0) is 62.4. The summed E-state index contributed by atoms with van der Waals surface area (Å²) in [5.74, 6) is 0. The van der Waals surface area contributed by atoms with E-state index in [1.54, 1.807) is 0 Å². The minimum atomic E-state index is -6.13. The van der Waals surface area contributed by atoms with E-state index < -0.39 is 195 Å². The number of hydrogen-bond acceptors (Lipinski definition) is 0. The third-order valence-electron chi connectivity index (χ3n) is 14.5. The van der Waals surface area contributed by atoms with Crippen molar-refractivity contribution in [3.8, 4) is 0 Å². The summed E-state index contributed by atoms with van der Waals surface area (Å²) in [7, 11) is 0. The molecule has 0 amide bonds. The summed E-state index contributed by atoms with van der Waals surface area (Å²) in [5.41, 5.74) is -26.3. The van der Waals surface area contributed by atoms with Gasteiger partial charge in [0.1, 0.15) is 6.15 Å². The van der Waals surface area contributed by atoms with Crippen molar-refractivity contribution in [1.82, 2.24) is 0 Å². The second kappa shape index (κ2) is 22.8. The van der Waals surface area contributed by atoms with Crippen LogP contribution in [-0.4, -0.2) is 30.3 Å². The molecule has 0 fully saturated rings. The molecule has 0 heterocycles. The molecule has 0 atom stereocenters. The third kappa shape index (κ3) is 13.3. The lowest BCUT2D eigenvalue weighted by atomic mass is 9.12. The molecule has 0 saturated heterocycles. The summed E-state index contributed by atoms with van der Waals surface area (Å²) in [6, 6.07) is 24.4. The van der Waals surface area contributed by atoms with Crippen molar-refractivity contribution in [2.24, 2.45) is 0 Å². The molecule has 446 valence electrons. The first-order valence-electron chi connectivity index (χ1n) is 24.4. The van der Waals surface area contributed by atoms with Gasteiger partial charge >= 0.3 is 49.4 Å². The van der Waals surface area contributed by atoms with Crippen molar-refractivity contribution in [3.05, 3.63) is 225 Å². The van der Waals surface area contributed by atoms with Crippen LogP contribution < -0.4 is 21.9 Å². The van der Waals surface area contributed by atoms with E-state index in [2.05, 4.69) is 112 Å². The fourth-order valence-corrected chi connectivity index (χ4v) is 10.8. The fourth-order valence-electron chi connectivity index (χ4n) is 10.8. The lowest BCUT2D eigenvalue weighted by Gasteiger charge is -2.53. The number of alkyl halides is 24. The summed E-state index contributed by atoms with van der Waals surface area (Å²) in [6.45, 7) is 10.2. The first kappa shape index (κ1) is 65.0. The molecule has 0 bridgehead atoms. The van der Waals surface area contributed by atoms with Gasteiger partial charge in [0.2, 0.25) is 0 Å². The highest BCUT2D eigenvalue weighted by Gasteiger charge is 2.53. The van der Waals surface area contributed by atoms with E-state index in [4.69, 9.17) is 0 Å². The van der Waals surface area contributed by atoms with Crippen molar-refractivity contribution in [2.75, 3.05) is 19.6 Å². The highest BCUT2D eigenvalue weighted by Crippen LogP contribution is 2.48. The minimum Gasteiger partial charge on any atom is -0.308 e. The summed E-state index contributed by atoms with van der Waals surface area (Å²) in [4.78, 5) is 0. The molecule has 7 aromatic carbocycles. The van der Waals surface area contributed by atoms with E-state index in [1.807, 2.05) is 0 Å². The van der Waals surface area contributed by atoms with Gasteiger partial charge in [0, 0.05) is 16.7 Å². The number of rotatable bonds is 11. The van der Waals surface area contributed by atoms with Crippen LogP contribution in [0.2, 0.25) is 0 Å². The van der Waals surface area contributed by atoms with E-state index in [9.17, 15) is 105 Å². The second-order valence-electron chi connectivity index (χ2n) is 19.1. The number of halogens is 24. The van der Waals surface area contributed by atoms with Gasteiger partial charge in [-0.15, -0.1) is 0 Å². The Hall–Kier alpha value is -7.12.